The highest BCUT2D eigenvalue weighted by atomic mass is 35.5. The lowest BCUT2D eigenvalue weighted by molar-refractivity contribution is -0.141. The lowest BCUT2D eigenvalue weighted by Crippen LogP contribution is -2.54. The van der Waals surface area contributed by atoms with Crippen LogP contribution in [0.5, 0.6) is 5.75 Å². The summed E-state index contributed by atoms with van der Waals surface area (Å²) in [4.78, 5) is 26.0. The van der Waals surface area contributed by atoms with Crippen molar-refractivity contribution in [1.82, 2.24) is 30.4 Å². The summed E-state index contributed by atoms with van der Waals surface area (Å²) < 4.78 is 11.3. The zero-order valence-corrected chi connectivity index (χ0v) is 29.7. The van der Waals surface area contributed by atoms with Gasteiger partial charge < -0.3 is 14.4 Å². The standard InChI is InChI=1S/C39H36ClN7O4S/c40-32-13-15-33(16-14-32)50-25-28-9-11-30(12-10-28)37-43-35(51-45-37)24-46-17-19-47(20-18-46)39(49)38(48)44-41-23-29-7-4-8-31(21-29)34-26-52-36(42-34)22-27-5-2-1-3-6-27/h1-16,21,23,26,39,49H,17-20,22,24-25H2,(H,44,48). The van der Waals surface area contributed by atoms with Gasteiger partial charge in [-0.05, 0) is 47.0 Å². The summed E-state index contributed by atoms with van der Waals surface area (Å²) in [5, 5.41) is 22.7. The molecule has 1 aliphatic heterocycles. The SMILES string of the molecule is O=C(NN=Cc1cccc(-c2csc(Cc3ccccc3)n2)c1)C(O)N1CCN(Cc2nc(-c3ccc(COc4ccc(Cl)cc4)cc3)no2)CC1. The third-order valence-corrected chi connectivity index (χ3v) is 9.67. The van der Waals surface area contributed by atoms with Crippen molar-refractivity contribution in [2.24, 2.45) is 5.10 Å². The average Bonchev–Trinajstić information content (AvgIpc) is 3.85. The number of carbonyl (C=O) groups excluding carboxylic acids is 1. The van der Waals surface area contributed by atoms with E-state index in [9.17, 15) is 9.90 Å². The van der Waals surface area contributed by atoms with Gasteiger partial charge in [0.15, 0.2) is 6.23 Å². The molecule has 1 saturated heterocycles. The monoisotopic (exact) mass is 733 g/mol. The maximum absolute atomic E-state index is 12.7. The Bertz CT molecular complexity index is 2100. The Balaban J connectivity index is 0.844. The third-order valence-electron chi connectivity index (χ3n) is 8.57. The number of aliphatic hydroxyl groups is 1. The number of carbonyl (C=O) groups is 1. The van der Waals surface area contributed by atoms with Gasteiger partial charge in [0, 0.05) is 54.1 Å². The fraction of sp³-hybridized carbons (Fsp3) is 0.205. The lowest BCUT2D eigenvalue weighted by atomic mass is 10.1. The molecule has 6 aromatic rings. The minimum Gasteiger partial charge on any atom is -0.489 e. The summed E-state index contributed by atoms with van der Waals surface area (Å²) in [6, 6.07) is 33.1. The number of nitrogens with zero attached hydrogens (tertiary/aromatic N) is 6. The van der Waals surface area contributed by atoms with E-state index in [0.29, 0.717) is 56.1 Å². The first-order valence-corrected chi connectivity index (χ1v) is 18.1. The summed E-state index contributed by atoms with van der Waals surface area (Å²) in [5.74, 6) is 1.17. The zero-order valence-electron chi connectivity index (χ0n) is 28.1. The van der Waals surface area contributed by atoms with Crippen LogP contribution in [0.4, 0.5) is 0 Å². The molecule has 11 nitrogen and oxygen atoms in total. The maximum atomic E-state index is 12.7. The maximum Gasteiger partial charge on any atom is 0.284 e. The average molecular weight is 734 g/mol. The fourth-order valence-electron chi connectivity index (χ4n) is 5.71. The number of piperazine rings is 1. The number of rotatable bonds is 13. The smallest absolute Gasteiger partial charge is 0.284 e. The first kappa shape index (κ1) is 35.2. The van der Waals surface area contributed by atoms with Gasteiger partial charge >= 0.3 is 0 Å². The molecule has 3 heterocycles. The van der Waals surface area contributed by atoms with Crippen molar-refractivity contribution in [1.29, 1.82) is 0 Å². The highest BCUT2D eigenvalue weighted by Crippen LogP contribution is 2.25. The van der Waals surface area contributed by atoms with Crippen molar-refractivity contribution < 1.29 is 19.2 Å². The van der Waals surface area contributed by atoms with Crippen molar-refractivity contribution in [2.75, 3.05) is 26.2 Å². The van der Waals surface area contributed by atoms with E-state index >= 15 is 0 Å². The van der Waals surface area contributed by atoms with Crippen molar-refractivity contribution in [3.63, 3.8) is 0 Å². The van der Waals surface area contributed by atoms with Gasteiger partial charge in [-0.15, -0.1) is 11.3 Å². The van der Waals surface area contributed by atoms with Crippen molar-refractivity contribution in [3.05, 3.63) is 141 Å². The van der Waals surface area contributed by atoms with Crippen LogP contribution < -0.4 is 10.2 Å². The van der Waals surface area contributed by atoms with Crippen LogP contribution in [-0.4, -0.2) is 74.6 Å². The third kappa shape index (κ3) is 9.35. The van der Waals surface area contributed by atoms with E-state index in [1.165, 1.54) is 5.56 Å². The molecule has 1 unspecified atom stereocenters. The number of hydrogen-bond acceptors (Lipinski definition) is 11. The molecular weight excluding hydrogens is 698 g/mol. The van der Waals surface area contributed by atoms with Crippen LogP contribution >= 0.6 is 22.9 Å². The normalized spacial score (nSPS) is 14.4. The number of halogens is 1. The van der Waals surface area contributed by atoms with Crippen LogP contribution in [0.25, 0.3) is 22.6 Å². The van der Waals surface area contributed by atoms with E-state index < -0.39 is 12.1 Å². The van der Waals surface area contributed by atoms with Gasteiger partial charge in [-0.3, -0.25) is 14.6 Å². The summed E-state index contributed by atoms with van der Waals surface area (Å²) in [6.07, 6.45) is 1.03. The molecule has 7 rings (SSSR count). The van der Waals surface area contributed by atoms with Crippen LogP contribution in [0.15, 0.2) is 118 Å². The molecule has 2 aromatic heterocycles. The Morgan fingerprint density at radius 3 is 2.52 bits per heavy atom. The van der Waals surface area contributed by atoms with E-state index in [4.69, 9.17) is 25.8 Å². The molecule has 2 N–H and O–H groups in total. The van der Waals surface area contributed by atoms with Gasteiger partial charge in [-0.25, -0.2) is 10.4 Å². The van der Waals surface area contributed by atoms with E-state index in [2.05, 4.69) is 37.7 Å². The second-order valence-electron chi connectivity index (χ2n) is 12.3. The molecule has 1 atom stereocenters. The molecular formula is C39H36ClN7O4S. The van der Waals surface area contributed by atoms with Crippen molar-refractivity contribution >= 4 is 35.1 Å². The molecule has 4 aromatic carbocycles. The van der Waals surface area contributed by atoms with Gasteiger partial charge in [0.2, 0.25) is 11.7 Å². The number of aliphatic hydroxyl groups excluding tert-OH is 1. The van der Waals surface area contributed by atoms with Gasteiger partial charge in [0.05, 0.1) is 23.5 Å². The van der Waals surface area contributed by atoms with Gasteiger partial charge in [-0.1, -0.05) is 89.6 Å². The van der Waals surface area contributed by atoms with Gasteiger partial charge in [0.25, 0.3) is 5.91 Å². The predicted molar refractivity (Wildman–Crippen MR) is 201 cm³/mol. The Kier molecular flexibility index (Phi) is 11.4. The lowest BCUT2D eigenvalue weighted by Gasteiger charge is -2.35. The van der Waals surface area contributed by atoms with Crippen LogP contribution in [0.2, 0.25) is 5.02 Å². The van der Waals surface area contributed by atoms with Crippen LogP contribution in [0.3, 0.4) is 0 Å². The van der Waals surface area contributed by atoms with Crippen LogP contribution in [0, 0.1) is 0 Å². The zero-order chi connectivity index (χ0) is 35.7. The number of nitrogens with one attached hydrogen (secondary N) is 1. The Morgan fingerprint density at radius 1 is 0.942 bits per heavy atom. The van der Waals surface area contributed by atoms with Gasteiger partial charge in [0.1, 0.15) is 12.4 Å². The molecule has 264 valence electrons. The molecule has 0 radical (unpaired) electrons. The first-order chi connectivity index (χ1) is 25.4. The molecule has 0 aliphatic carbocycles. The number of ether oxygens (including phenoxy) is 1. The quantitative estimate of drug-likeness (QED) is 0.104. The molecule has 13 heteroatoms. The molecule has 0 spiro atoms. The van der Waals surface area contributed by atoms with E-state index in [1.54, 1.807) is 34.6 Å². The number of hydrogen-bond donors (Lipinski definition) is 2. The molecule has 52 heavy (non-hydrogen) atoms. The summed E-state index contributed by atoms with van der Waals surface area (Å²) >= 11 is 7.57. The predicted octanol–water partition coefficient (Wildman–Crippen LogP) is 6.27. The second-order valence-corrected chi connectivity index (χ2v) is 13.7. The van der Waals surface area contributed by atoms with E-state index in [-0.39, 0.29) is 0 Å². The number of aromatic nitrogens is 3. The van der Waals surface area contributed by atoms with Crippen molar-refractivity contribution in [2.45, 2.75) is 25.8 Å². The molecule has 0 saturated carbocycles. The molecule has 0 bridgehead atoms. The Morgan fingerprint density at radius 2 is 1.73 bits per heavy atom. The molecule has 1 amide bonds. The number of thiazole rings is 1. The topological polar surface area (TPSA) is 129 Å². The number of benzene rings is 4. The Labute approximate surface area is 310 Å². The summed E-state index contributed by atoms with van der Waals surface area (Å²) in [7, 11) is 0. The van der Waals surface area contributed by atoms with E-state index in [1.807, 2.05) is 84.2 Å². The number of hydrazone groups is 1. The first-order valence-electron chi connectivity index (χ1n) is 16.8. The van der Waals surface area contributed by atoms with E-state index in [0.717, 1.165) is 45.1 Å². The van der Waals surface area contributed by atoms with Crippen LogP contribution in [-0.2, 0) is 24.4 Å². The fourth-order valence-corrected chi connectivity index (χ4v) is 6.67. The summed E-state index contributed by atoms with van der Waals surface area (Å²) in [5.41, 5.74) is 8.21. The Hall–Kier alpha value is -5.24. The largest absolute Gasteiger partial charge is 0.489 e. The second kappa shape index (κ2) is 16.9. The van der Waals surface area contributed by atoms with Crippen molar-refractivity contribution in [3.8, 4) is 28.4 Å². The van der Waals surface area contributed by atoms with Gasteiger partial charge in [-0.2, -0.15) is 10.1 Å². The highest BCUT2D eigenvalue weighted by molar-refractivity contribution is 7.10. The minimum absolute atomic E-state index is 0.425. The van der Waals surface area contributed by atoms with Crippen LogP contribution in [0.1, 0.15) is 27.6 Å². The minimum atomic E-state index is -1.32. The molecule has 1 fully saturated rings. The highest BCUT2D eigenvalue weighted by Gasteiger charge is 2.28. The molecule has 1 aliphatic rings. The summed E-state index contributed by atoms with van der Waals surface area (Å²) in [6.45, 7) is 3.10. The number of amides is 1.